The zero-order chi connectivity index (χ0) is 9.97. The first-order valence-electron chi connectivity index (χ1n) is 4.78. The van der Waals surface area contributed by atoms with E-state index in [0.29, 0.717) is 11.9 Å². The van der Waals surface area contributed by atoms with Crippen LogP contribution in [0.2, 0.25) is 0 Å². The molecule has 0 bridgehead atoms. The lowest BCUT2D eigenvalue weighted by atomic mass is 10.4. The van der Waals surface area contributed by atoms with Crippen LogP contribution in [0.5, 0.6) is 0 Å². The second-order valence-corrected chi connectivity index (χ2v) is 3.65. The Morgan fingerprint density at radius 2 is 2.50 bits per heavy atom. The first kappa shape index (κ1) is 9.21. The van der Waals surface area contributed by atoms with Gasteiger partial charge in [0.05, 0.1) is 6.42 Å². The van der Waals surface area contributed by atoms with Gasteiger partial charge in [-0.15, -0.1) is 0 Å². The van der Waals surface area contributed by atoms with Crippen LogP contribution in [0.25, 0.3) is 0 Å². The van der Waals surface area contributed by atoms with Gasteiger partial charge in [0.25, 0.3) is 0 Å². The van der Waals surface area contributed by atoms with E-state index in [1.54, 1.807) is 6.20 Å². The van der Waals surface area contributed by atoms with E-state index in [9.17, 15) is 4.79 Å². The number of hydrogen-bond donors (Lipinski definition) is 3. The molecule has 2 rings (SSSR count). The number of aromatic amines is 1. The molecular formula is C9H14N4O. The maximum Gasteiger partial charge on any atom is 0.225 e. The van der Waals surface area contributed by atoms with E-state index in [0.717, 1.165) is 12.2 Å². The van der Waals surface area contributed by atoms with E-state index in [1.807, 2.05) is 0 Å². The normalized spacial score (nSPS) is 15.7. The summed E-state index contributed by atoms with van der Waals surface area (Å²) in [6, 6.07) is 0.679. The Labute approximate surface area is 82.1 Å². The van der Waals surface area contributed by atoms with Gasteiger partial charge in [-0.3, -0.25) is 4.79 Å². The monoisotopic (exact) mass is 194 g/mol. The minimum Gasteiger partial charge on any atom is -0.369 e. The number of imidazole rings is 1. The lowest BCUT2D eigenvalue weighted by Crippen LogP contribution is -2.16. The molecule has 14 heavy (non-hydrogen) atoms. The Hall–Kier alpha value is -1.36. The molecule has 5 nitrogen and oxygen atoms in total. The molecule has 0 aliphatic heterocycles. The van der Waals surface area contributed by atoms with E-state index >= 15 is 0 Å². The van der Waals surface area contributed by atoms with E-state index in [1.165, 1.54) is 12.8 Å². The molecule has 1 aliphatic carbocycles. The number of hydrogen-bond acceptors (Lipinski definition) is 3. The van der Waals surface area contributed by atoms with Gasteiger partial charge in [0.1, 0.15) is 5.82 Å². The number of aromatic nitrogens is 2. The molecular weight excluding hydrogens is 180 g/mol. The fourth-order valence-electron chi connectivity index (χ4n) is 1.29. The van der Waals surface area contributed by atoms with Crippen molar-refractivity contribution >= 4 is 5.91 Å². The second kappa shape index (κ2) is 3.79. The third-order valence-corrected chi connectivity index (χ3v) is 2.18. The van der Waals surface area contributed by atoms with Crippen LogP contribution in [0.1, 0.15) is 24.4 Å². The van der Waals surface area contributed by atoms with Gasteiger partial charge < -0.3 is 16.0 Å². The van der Waals surface area contributed by atoms with Crippen LogP contribution < -0.4 is 11.1 Å². The van der Waals surface area contributed by atoms with E-state index in [4.69, 9.17) is 5.73 Å². The number of amides is 1. The third kappa shape index (κ3) is 2.56. The first-order valence-corrected chi connectivity index (χ1v) is 4.78. The van der Waals surface area contributed by atoms with Crippen LogP contribution in [0.3, 0.4) is 0 Å². The molecule has 1 aliphatic rings. The lowest BCUT2D eigenvalue weighted by molar-refractivity contribution is -0.117. The second-order valence-electron chi connectivity index (χ2n) is 3.65. The van der Waals surface area contributed by atoms with Crippen LogP contribution >= 0.6 is 0 Å². The highest BCUT2D eigenvalue weighted by Gasteiger charge is 2.20. The fourth-order valence-corrected chi connectivity index (χ4v) is 1.29. The number of primary amides is 1. The lowest BCUT2D eigenvalue weighted by Gasteiger charge is -1.98. The SMILES string of the molecule is NC(=O)Cc1ncc(CNC2CC2)[nH]1. The fraction of sp³-hybridized carbons (Fsp3) is 0.556. The van der Waals surface area contributed by atoms with Gasteiger partial charge in [-0.05, 0) is 12.8 Å². The van der Waals surface area contributed by atoms with Crippen molar-refractivity contribution in [1.29, 1.82) is 0 Å². The molecule has 1 fully saturated rings. The van der Waals surface area contributed by atoms with Gasteiger partial charge in [0, 0.05) is 24.5 Å². The predicted octanol–water partition coefficient (Wildman–Crippen LogP) is -0.311. The molecule has 5 heteroatoms. The topological polar surface area (TPSA) is 83.8 Å². The van der Waals surface area contributed by atoms with Crippen molar-refractivity contribution in [3.63, 3.8) is 0 Å². The number of nitrogens with zero attached hydrogens (tertiary/aromatic N) is 1. The molecule has 0 radical (unpaired) electrons. The molecule has 0 saturated heterocycles. The van der Waals surface area contributed by atoms with E-state index in [2.05, 4.69) is 15.3 Å². The molecule has 1 saturated carbocycles. The number of nitrogens with one attached hydrogen (secondary N) is 2. The summed E-state index contributed by atoms with van der Waals surface area (Å²) in [5.41, 5.74) is 6.06. The van der Waals surface area contributed by atoms with Crippen molar-refractivity contribution in [2.24, 2.45) is 5.73 Å². The predicted molar refractivity (Wildman–Crippen MR) is 51.3 cm³/mol. The first-order chi connectivity index (χ1) is 6.74. The highest BCUT2D eigenvalue weighted by Crippen LogP contribution is 2.18. The largest absolute Gasteiger partial charge is 0.369 e. The van der Waals surface area contributed by atoms with Gasteiger partial charge >= 0.3 is 0 Å². The zero-order valence-corrected chi connectivity index (χ0v) is 7.92. The Morgan fingerprint density at radius 3 is 3.14 bits per heavy atom. The average Bonchev–Trinajstić information content (AvgIpc) is 2.84. The number of nitrogens with two attached hydrogens (primary N) is 1. The summed E-state index contributed by atoms with van der Waals surface area (Å²) < 4.78 is 0. The van der Waals surface area contributed by atoms with Crippen LogP contribution in [0, 0.1) is 0 Å². The Morgan fingerprint density at radius 1 is 1.71 bits per heavy atom. The quantitative estimate of drug-likeness (QED) is 0.601. The van der Waals surface area contributed by atoms with Crippen LogP contribution in [0.4, 0.5) is 0 Å². The van der Waals surface area contributed by atoms with Crippen LogP contribution in [0.15, 0.2) is 6.20 Å². The number of rotatable bonds is 5. The van der Waals surface area contributed by atoms with Crippen LogP contribution in [-0.4, -0.2) is 21.9 Å². The standard InChI is InChI=1S/C9H14N4O/c10-8(14)3-9-12-5-7(13-9)4-11-6-1-2-6/h5-6,11H,1-4H2,(H2,10,14)(H,12,13). The third-order valence-electron chi connectivity index (χ3n) is 2.18. The van der Waals surface area contributed by atoms with Gasteiger partial charge in [0.15, 0.2) is 0 Å². The molecule has 0 aromatic carbocycles. The molecule has 0 spiro atoms. The van der Waals surface area contributed by atoms with Crippen LogP contribution in [-0.2, 0) is 17.8 Å². The van der Waals surface area contributed by atoms with E-state index < -0.39 is 0 Å². The minimum atomic E-state index is -0.360. The zero-order valence-electron chi connectivity index (χ0n) is 7.92. The number of carbonyl (C=O) groups is 1. The average molecular weight is 194 g/mol. The molecule has 0 atom stereocenters. The smallest absolute Gasteiger partial charge is 0.225 e. The maximum absolute atomic E-state index is 10.6. The van der Waals surface area contributed by atoms with Crippen molar-refractivity contribution in [3.05, 3.63) is 17.7 Å². The number of H-pyrrole nitrogens is 1. The molecule has 0 unspecified atom stereocenters. The minimum absolute atomic E-state index is 0.184. The summed E-state index contributed by atoms with van der Waals surface area (Å²) in [5, 5.41) is 3.35. The number of carbonyl (C=O) groups excluding carboxylic acids is 1. The Bertz CT molecular complexity index is 329. The van der Waals surface area contributed by atoms with Crippen molar-refractivity contribution < 1.29 is 4.79 Å². The molecule has 1 amide bonds. The van der Waals surface area contributed by atoms with Crippen molar-refractivity contribution in [2.45, 2.75) is 31.8 Å². The molecule has 1 heterocycles. The van der Waals surface area contributed by atoms with Crippen molar-refractivity contribution in [1.82, 2.24) is 15.3 Å². The van der Waals surface area contributed by atoms with Gasteiger partial charge in [0.2, 0.25) is 5.91 Å². The summed E-state index contributed by atoms with van der Waals surface area (Å²) in [7, 11) is 0. The molecule has 4 N–H and O–H groups in total. The highest BCUT2D eigenvalue weighted by molar-refractivity contribution is 5.75. The Balaban J connectivity index is 1.84. The van der Waals surface area contributed by atoms with Gasteiger partial charge in [-0.1, -0.05) is 0 Å². The van der Waals surface area contributed by atoms with E-state index in [-0.39, 0.29) is 12.3 Å². The maximum atomic E-state index is 10.6. The summed E-state index contributed by atoms with van der Waals surface area (Å²) in [6.07, 6.45) is 4.46. The summed E-state index contributed by atoms with van der Waals surface area (Å²) in [4.78, 5) is 17.7. The summed E-state index contributed by atoms with van der Waals surface area (Å²) in [6.45, 7) is 0.788. The van der Waals surface area contributed by atoms with Gasteiger partial charge in [-0.2, -0.15) is 0 Å². The Kier molecular flexibility index (Phi) is 2.49. The highest BCUT2D eigenvalue weighted by atomic mass is 16.1. The summed E-state index contributed by atoms with van der Waals surface area (Å²) in [5.74, 6) is 0.283. The molecule has 76 valence electrons. The van der Waals surface area contributed by atoms with Crippen molar-refractivity contribution in [2.75, 3.05) is 0 Å². The molecule has 1 aromatic heterocycles. The molecule has 1 aromatic rings. The van der Waals surface area contributed by atoms with Gasteiger partial charge in [-0.25, -0.2) is 4.98 Å². The van der Waals surface area contributed by atoms with Crippen molar-refractivity contribution in [3.8, 4) is 0 Å². The summed E-state index contributed by atoms with van der Waals surface area (Å²) >= 11 is 0.